The summed E-state index contributed by atoms with van der Waals surface area (Å²) in [7, 11) is 4.99. The number of nitrogens with zero attached hydrogens (tertiary/aromatic N) is 2. The number of carbonyl (C=O) groups excluding carboxylic acids is 4. The van der Waals surface area contributed by atoms with Crippen LogP contribution >= 0.6 is 0 Å². The van der Waals surface area contributed by atoms with Gasteiger partial charge in [0.15, 0.2) is 13.1 Å². The van der Waals surface area contributed by atoms with Gasteiger partial charge in [0.05, 0.1) is 7.05 Å². The minimum Gasteiger partial charge on any atom is -0.344 e. The summed E-state index contributed by atoms with van der Waals surface area (Å²) in [4.78, 5) is 50.4. The van der Waals surface area contributed by atoms with Gasteiger partial charge in [0.1, 0.15) is 5.54 Å². The average molecular weight is 340 g/mol. The Bertz CT molecular complexity index is 542. The third-order valence-electron chi connectivity index (χ3n) is 4.52. The molecule has 1 unspecified atom stereocenters. The number of nitrogens with one attached hydrogen (secondary N) is 3. The molecule has 1 saturated carbocycles. The van der Waals surface area contributed by atoms with E-state index in [4.69, 9.17) is 0 Å². The Morgan fingerprint density at radius 3 is 2.42 bits per heavy atom. The van der Waals surface area contributed by atoms with Gasteiger partial charge in [-0.05, 0) is 12.8 Å². The molecule has 1 saturated heterocycles. The monoisotopic (exact) mass is 340 g/mol. The molecule has 1 spiro atoms. The van der Waals surface area contributed by atoms with Crippen molar-refractivity contribution >= 4 is 23.8 Å². The van der Waals surface area contributed by atoms with Gasteiger partial charge >= 0.3 is 6.03 Å². The Kier molecular flexibility index (Phi) is 5.43. The van der Waals surface area contributed by atoms with E-state index in [0.717, 1.165) is 24.3 Å². The first kappa shape index (κ1) is 18.2. The number of carbonyl (C=O) groups is 4. The predicted molar refractivity (Wildman–Crippen MR) is 84.7 cm³/mol. The highest BCUT2D eigenvalue weighted by molar-refractivity contribution is 6.08. The van der Waals surface area contributed by atoms with Crippen LogP contribution in [0.25, 0.3) is 0 Å². The standard InChI is InChI=1S/C15H25N5O4/c1-18(2)12(22)10-19(3)9-11(21)17-20-13(23)15(16-14(20)24)7-5-4-6-8-15/h4-10H2,1-3H3,(H,16,24)(H,17,21)/p+1. The molecule has 134 valence electrons. The SMILES string of the molecule is CN(C)C(=O)C[NH+](C)CC(=O)NN1C(=O)NC2(CCCCC2)C1=O. The summed E-state index contributed by atoms with van der Waals surface area (Å²) in [5.74, 6) is -0.963. The number of likely N-dealkylation sites (N-methyl/N-ethyl adjacent to an activating group) is 2. The fourth-order valence-corrected chi connectivity index (χ4v) is 3.13. The molecule has 2 rings (SSSR count). The van der Waals surface area contributed by atoms with E-state index in [9.17, 15) is 19.2 Å². The molecule has 0 aromatic carbocycles. The molecular weight excluding hydrogens is 314 g/mol. The molecule has 1 aliphatic heterocycles. The lowest BCUT2D eigenvalue weighted by Gasteiger charge is -2.30. The van der Waals surface area contributed by atoms with Crippen LogP contribution in [-0.4, -0.2) is 73.4 Å². The Hall–Kier alpha value is -2.16. The maximum Gasteiger partial charge on any atom is 0.344 e. The number of urea groups is 1. The van der Waals surface area contributed by atoms with Crippen LogP contribution in [0, 0.1) is 0 Å². The fourth-order valence-electron chi connectivity index (χ4n) is 3.13. The molecule has 0 aromatic rings. The molecule has 1 atom stereocenters. The van der Waals surface area contributed by atoms with Gasteiger partial charge in [-0.3, -0.25) is 19.8 Å². The van der Waals surface area contributed by atoms with Gasteiger partial charge in [0, 0.05) is 14.1 Å². The van der Waals surface area contributed by atoms with E-state index in [1.807, 2.05) is 0 Å². The number of imide groups is 1. The van der Waals surface area contributed by atoms with Crippen LogP contribution in [0.1, 0.15) is 32.1 Å². The Morgan fingerprint density at radius 2 is 1.83 bits per heavy atom. The Morgan fingerprint density at radius 1 is 1.21 bits per heavy atom. The van der Waals surface area contributed by atoms with E-state index in [0.29, 0.717) is 17.7 Å². The second kappa shape index (κ2) is 7.16. The highest BCUT2D eigenvalue weighted by atomic mass is 16.2. The van der Waals surface area contributed by atoms with Crippen LogP contribution in [0.2, 0.25) is 0 Å². The van der Waals surface area contributed by atoms with Crippen LogP contribution in [0.4, 0.5) is 4.79 Å². The Labute approximate surface area is 141 Å². The van der Waals surface area contributed by atoms with E-state index in [2.05, 4.69) is 10.7 Å². The number of quaternary nitrogens is 1. The maximum atomic E-state index is 12.5. The zero-order chi connectivity index (χ0) is 17.9. The van der Waals surface area contributed by atoms with Crippen molar-refractivity contribution in [1.29, 1.82) is 0 Å². The zero-order valence-corrected chi connectivity index (χ0v) is 14.5. The first-order chi connectivity index (χ1) is 11.2. The summed E-state index contributed by atoms with van der Waals surface area (Å²) in [6.07, 6.45) is 4.02. The van der Waals surface area contributed by atoms with Crippen molar-refractivity contribution in [3.63, 3.8) is 0 Å². The normalized spacial score (nSPS) is 20.7. The third kappa shape index (κ3) is 3.84. The van der Waals surface area contributed by atoms with E-state index in [-0.39, 0.29) is 24.9 Å². The van der Waals surface area contributed by atoms with Crippen molar-refractivity contribution in [1.82, 2.24) is 20.7 Å². The molecular formula is C15H26N5O4+. The van der Waals surface area contributed by atoms with E-state index < -0.39 is 17.5 Å². The molecule has 0 bridgehead atoms. The number of hydrogen-bond acceptors (Lipinski definition) is 4. The van der Waals surface area contributed by atoms with Crippen LogP contribution in [0.3, 0.4) is 0 Å². The van der Waals surface area contributed by atoms with Crippen molar-refractivity contribution in [3.05, 3.63) is 0 Å². The van der Waals surface area contributed by atoms with Crippen LogP contribution in [0.15, 0.2) is 0 Å². The lowest BCUT2D eigenvalue weighted by Crippen LogP contribution is -3.11. The van der Waals surface area contributed by atoms with Crippen molar-refractivity contribution in [2.45, 2.75) is 37.6 Å². The Balaban J connectivity index is 1.90. The van der Waals surface area contributed by atoms with E-state index >= 15 is 0 Å². The molecule has 0 radical (unpaired) electrons. The maximum absolute atomic E-state index is 12.5. The highest BCUT2D eigenvalue weighted by Gasteiger charge is 2.52. The number of amides is 5. The smallest absolute Gasteiger partial charge is 0.344 e. The lowest BCUT2D eigenvalue weighted by atomic mass is 9.82. The fraction of sp³-hybridized carbons (Fsp3) is 0.733. The second-order valence-electron chi connectivity index (χ2n) is 6.85. The van der Waals surface area contributed by atoms with Gasteiger partial charge in [-0.15, -0.1) is 0 Å². The summed E-state index contributed by atoms with van der Waals surface area (Å²) in [5, 5.41) is 3.52. The van der Waals surface area contributed by atoms with E-state index in [1.54, 1.807) is 21.1 Å². The van der Waals surface area contributed by atoms with Crippen molar-refractivity contribution in [3.8, 4) is 0 Å². The minimum absolute atomic E-state index is 0.0103. The van der Waals surface area contributed by atoms with Crippen LogP contribution < -0.4 is 15.6 Å². The molecule has 3 N–H and O–H groups in total. The molecule has 24 heavy (non-hydrogen) atoms. The number of rotatable bonds is 5. The minimum atomic E-state index is -0.859. The van der Waals surface area contributed by atoms with Crippen molar-refractivity contribution < 1.29 is 24.1 Å². The predicted octanol–water partition coefficient (Wildman–Crippen LogP) is -2.12. The second-order valence-corrected chi connectivity index (χ2v) is 6.85. The molecule has 1 aliphatic carbocycles. The summed E-state index contributed by atoms with van der Waals surface area (Å²) in [6, 6.07) is -0.586. The molecule has 1 heterocycles. The summed E-state index contributed by atoms with van der Waals surface area (Å²) in [6.45, 7) is 0.147. The molecule has 9 heteroatoms. The van der Waals surface area contributed by atoms with Gasteiger partial charge in [-0.25, -0.2) is 4.79 Å². The first-order valence-corrected chi connectivity index (χ1v) is 8.23. The quantitative estimate of drug-likeness (QED) is 0.498. The molecule has 0 aromatic heterocycles. The number of hydrazine groups is 1. The highest BCUT2D eigenvalue weighted by Crippen LogP contribution is 2.32. The summed E-state index contributed by atoms with van der Waals surface area (Å²) >= 11 is 0. The average Bonchev–Trinajstić information content (AvgIpc) is 2.72. The summed E-state index contributed by atoms with van der Waals surface area (Å²) in [5.41, 5.74) is 1.51. The van der Waals surface area contributed by atoms with Gasteiger partial charge < -0.3 is 15.1 Å². The largest absolute Gasteiger partial charge is 0.344 e. The van der Waals surface area contributed by atoms with Gasteiger partial charge in [-0.1, -0.05) is 19.3 Å². The van der Waals surface area contributed by atoms with E-state index in [1.165, 1.54) is 4.90 Å². The molecule has 2 fully saturated rings. The molecule has 2 aliphatic rings. The zero-order valence-electron chi connectivity index (χ0n) is 14.5. The van der Waals surface area contributed by atoms with Crippen LogP contribution in [-0.2, 0) is 14.4 Å². The van der Waals surface area contributed by atoms with Gasteiger partial charge in [0.2, 0.25) is 0 Å². The van der Waals surface area contributed by atoms with Gasteiger partial charge in [-0.2, -0.15) is 5.01 Å². The molecule has 9 nitrogen and oxygen atoms in total. The number of hydrogen-bond donors (Lipinski definition) is 3. The summed E-state index contributed by atoms with van der Waals surface area (Å²) < 4.78 is 0. The lowest BCUT2D eigenvalue weighted by molar-refractivity contribution is -0.863. The van der Waals surface area contributed by atoms with Gasteiger partial charge in [0.25, 0.3) is 17.7 Å². The van der Waals surface area contributed by atoms with Crippen molar-refractivity contribution in [2.75, 3.05) is 34.2 Å². The van der Waals surface area contributed by atoms with Crippen molar-refractivity contribution in [2.24, 2.45) is 0 Å². The van der Waals surface area contributed by atoms with Crippen LogP contribution in [0.5, 0.6) is 0 Å². The first-order valence-electron chi connectivity index (χ1n) is 8.23. The molecule has 5 amide bonds. The third-order valence-corrected chi connectivity index (χ3v) is 4.52. The topological polar surface area (TPSA) is 103 Å².